The molecule has 0 aromatic heterocycles. The molecule has 1 N–H and O–H groups in total. The first kappa shape index (κ1) is 31.7. The second-order valence-corrected chi connectivity index (χ2v) is 14.1. The Balaban J connectivity index is 1.45. The number of nitriles is 1. The maximum absolute atomic E-state index is 13.6. The van der Waals surface area contributed by atoms with Crippen molar-refractivity contribution in [1.29, 1.82) is 5.26 Å². The zero-order valence-electron chi connectivity index (χ0n) is 27.5. The summed E-state index contributed by atoms with van der Waals surface area (Å²) in [5.41, 5.74) is 8.75. The van der Waals surface area contributed by atoms with Gasteiger partial charge in [-0.25, -0.2) is 9.59 Å². The topological polar surface area (TPSA) is 123 Å². The molecule has 2 aromatic carbocycles. The summed E-state index contributed by atoms with van der Waals surface area (Å²) in [6.45, 7) is 12.0. The van der Waals surface area contributed by atoms with Crippen LogP contribution in [0.1, 0.15) is 61.8 Å². The van der Waals surface area contributed by atoms with E-state index in [1.807, 2.05) is 6.92 Å². The number of rotatable bonds is 4. The molecular formula is C35H40N4O7S. The fourth-order valence-electron chi connectivity index (χ4n) is 8.68. The van der Waals surface area contributed by atoms with Crippen LogP contribution in [0.2, 0.25) is 0 Å². The maximum atomic E-state index is 13.6. The zero-order chi connectivity index (χ0) is 33.3. The first-order chi connectivity index (χ1) is 22.6. The minimum atomic E-state index is -0.937. The Bertz CT molecular complexity index is 1720. The lowest BCUT2D eigenvalue weighted by Crippen LogP contribution is -2.69. The van der Waals surface area contributed by atoms with Crippen molar-refractivity contribution in [2.45, 2.75) is 75.6 Å². The molecule has 2 unspecified atom stereocenters. The summed E-state index contributed by atoms with van der Waals surface area (Å²) >= 11 is 1.59. The van der Waals surface area contributed by atoms with Gasteiger partial charge in [0, 0.05) is 28.6 Å². The van der Waals surface area contributed by atoms with Gasteiger partial charge in [0.05, 0.1) is 25.3 Å². The van der Waals surface area contributed by atoms with Gasteiger partial charge in [0.15, 0.2) is 11.5 Å². The maximum Gasteiger partial charge on any atom is 0.408 e. The van der Waals surface area contributed by atoms with Crippen molar-refractivity contribution in [3.05, 3.63) is 63.2 Å². The van der Waals surface area contributed by atoms with Crippen molar-refractivity contribution in [1.82, 2.24) is 15.1 Å². The summed E-state index contributed by atoms with van der Waals surface area (Å²) < 4.78 is 29.3. The molecule has 11 nitrogen and oxygen atoms in total. The first-order valence-electron chi connectivity index (χ1n) is 15.9. The monoisotopic (exact) mass is 660 g/mol. The highest BCUT2D eigenvalue weighted by Crippen LogP contribution is 2.61. The number of esters is 1. The third-order valence-corrected chi connectivity index (χ3v) is 12.1. The van der Waals surface area contributed by atoms with E-state index in [-0.39, 0.29) is 49.1 Å². The van der Waals surface area contributed by atoms with Crippen LogP contribution >= 0.6 is 11.8 Å². The number of alkyl carbamates (subject to hydrolysis) is 1. The summed E-state index contributed by atoms with van der Waals surface area (Å²) in [6.07, 6.45) is 1.46. The van der Waals surface area contributed by atoms with Crippen LogP contribution in [0.4, 0.5) is 4.79 Å². The summed E-state index contributed by atoms with van der Waals surface area (Å²) in [6, 6.07) is 2.59. The van der Waals surface area contributed by atoms with E-state index < -0.39 is 30.2 Å². The van der Waals surface area contributed by atoms with E-state index in [2.05, 4.69) is 61.7 Å². The summed E-state index contributed by atoms with van der Waals surface area (Å²) in [5, 5.41) is 13.4. The minimum absolute atomic E-state index is 0.0218. The molecule has 8 rings (SSSR count). The average Bonchev–Trinajstić information content (AvgIpc) is 3.54. The van der Waals surface area contributed by atoms with Gasteiger partial charge in [0.25, 0.3) is 0 Å². The number of aryl methyl sites for hydroxylation is 1. The van der Waals surface area contributed by atoms with Crippen LogP contribution in [0.3, 0.4) is 0 Å². The lowest BCUT2D eigenvalue weighted by atomic mass is 9.70. The molecule has 1 amide bonds. The number of carbonyl (C=O) groups excluding carboxylic acids is 2. The van der Waals surface area contributed by atoms with Gasteiger partial charge in [0.1, 0.15) is 31.0 Å². The predicted molar refractivity (Wildman–Crippen MR) is 175 cm³/mol. The molecule has 248 valence electrons. The molecule has 0 aliphatic carbocycles. The third kappa shape index (κ3) is 4.69. The SMILES string of the molecule is C=CCOC(=O)NC1CS[C@@H]2c3c(C)c(C)c4c(c3[C@H](COC1=O)N1C2[C@H]2c3c(cc(C)c(OC)c3C)C[C@@H]([C@@H]1C#N)N2C)OCO4. The van der Waals surface area contributed by atoms with Crippen molar-refractivity contribution in [2.24, 2.45) is 0 Å². The number of thioether (sulfide) groups is 1. The Morgan fingerprint density at radius 3 is 2.64 bits per heavy atom. The number of likely N-dealkylation sites (N-methyl/N-ethyl adjacent to an activating group) is 1. The van der Waals surface area contributed by atoms with E-state index in [1.165, 1.54) is 17.2 Å². The van der Waals surface area contributed by atoms with E-state index >= 15 is 0 Å². The number of methoxy groups -OCH3 is 1. The molecule has 0 spiro atoms. The van der Waals surface area contributed by atoms with Crippen LogP contribution in [0, 0.1) is 39.0 Å². The molecule has 7 atom stereocenters. The highest BCUT2D eigenvalue weighted by Gasteiger charge is 2.60. The number of hydrogen-bond acceptors (Lipinski definition) is 11. The van der Waals surface area contributed by atoms with Crippen LogP contribution in [-0.2, 0) is 20.7 Å². The normalized spacial score (nSPS) is 29.0. The van der Waals surface area contributed by atoms with Crippen molar-refractivity contribution in [3.8, 4) is 23.3 Å². The van der Waals surface area contributed by atoms with Gasteiger partial charge in [-0.05, 0) is 80.1 Å². The Hall–Kier alpha value is -3.92. The van der Waals surface area contributed by atoms with E-state index in [4.69, 9.17) is 23.7 Å². The fourth-order valence-corrected chi connectivity index (χ4v) is 10.3. The van der Waals surface area contributed by atoms with Crippen molar-refractivity contribution < 1.29 is 33.3 Å². The Morgan fingerprint density at radius 1 is 1.15 bits per heavy atom. The fraction of sp³-hybridized carbons (Fsp3) is 0.514. The number of ether oxygens (including phenoxy) is 5. The van der Waals surface area contributed by atoms with E-state index in [9.17, 15) is 14.9 Å². The van der Waals surface area contributed by atoms with Gasteiger partial charge >= 0.3 is 12.1 Å². The van der Waals surface area contributed by atoms with Crippen LogP contribution in [-0.4, -0.2) is 85.9 Å². The minimum Gasteiger partial charge on any atom is -0.496 e. The number of hydrogen-bond donors (Lipinski definition) is 1. The van der Waals surface area contributed by atoms with E-state index in [1.54, 1.807) is 18.9 Å². The highest BCUT2D eigenvalue weighted by molar-refractivity contribution is 7.99. The molecular weight excluding hydrogens is 620 g/mol. The van der Waals surface area contributed by atoms with Crippen molar-refractivity contribution in [2.75, 3.05) is 39.9 Å². The lowest BCUT2D eigenvalue weighted by molar-refractivity contribution is -0.151. The summed E-state index contributed by atoms with van der Waals surface area (Å²) in [4.78, 5) is 30.9. The number of nitrogens with one attached hydrogen (secondary N) is 1. The van der Waals surface area contributed by atoms with Gasteiger partial charge in [0.2, 0.25) is 6.79 Å². The van der Waals surface area contributed by atoms with E-state index in [0.29, 0.717) is 17.9 Å². The molecule has 0 radical (unpaired) electrons. The van der Waals surface area contributed by atoms with Crippen molar-refractivity contribution >= 4 is 23.8 Å². The number of nitrogens with zero attached hydrogens (tertiary/aromatic N) is 3. The Kier molecular flexibility index (Phi) is 8.05. The number of piperazine rings is 1. The number of benzene rings is 2. The third-order valence-electron chi connectivity index (χ3n) is 10.7. The molecule has 47 heavy (non-hydrogen) atoms. The molecule has 2 aromatic rings. The number of carbonyl (C=O) groups is 2. The largest absolute Gasteiger partial charge is 0.496 e. The van der Waals surface area contributed by atoms with Gasteiger partial charge < -0.3 is 29.0 Å². The predicted octanol–water partition coefficient (Wildman–Crippen LogP) is 4.50. The van der Waals surface area contributed by atoms with E-state index in [0.717, 1.165) is 39.1 Å². The highest BCUT2D eigenvalue weighted by atomic mass is 32.2. The Morgan fingerprint density at radius 2 is 1.91 bits per heavy atom. The second kappa shape index (κ2) is 12.0. The summed E-state index contributed by atoms with van der Waals surface area (Å²) in [5.74, 6) is 1.90. The molecule has 12 heteroatoms. The molecule has 0 saturated carbocycles. The van der Waals surface area contributed by atoms with Gasteiger partial charge in [-0.1, -0.05) is 18.7 Å². The molecule has 6 aliphatic heterocycles. The summed E-state index contributed by atoms with van der Waals surface area (Å²) in [7, 11) is 3.84. The molecule has 2 saturated heterocycles. The Labute approximate surface area is 279 Å². The molecule has 4 bridgehead atoms. The quantitative estimate of drug-likeness (QED) is 0.369. The lowest BCUT2D eigenvalue weighted by Gasteiger charge is -2.62. The standard InChI is InChI=1S/C35H40N4O7S/c1-8-9-43-35(41)37-21-14-47-33-26-17(3)18(4)31-32(46-15-45-31)27(26)24(13-44-34(21)40)39-23(12-36)22-11-20-10-16(2)30(42-7)19(5)25(20)28(29(33)39)38(22)6/h8,10,21-24,28-29,33H,1,9,11,13-15H2,2-7H3,(H,37,41)/t21?,22-,23-,24-,28+,29?,33+/m0/s1. The van der Waals surface area contributed by atoms with Gasteiger partial charge in [-0.15, -0.1) is 11.8 Å². The molecule has 6 aliphatic rings. The number of fused-ring (bicyclic) bond motifs is 10. The first-order valence-corrected chi connectivity index (χ1v) is 17.0. The van der Waals surface area contributed by atoms with Crippen LogP contribution in [0.15, 0.2) is 18.7 Å². The van der Waals surface area contributed by atoms with Crippen LogP contribution in [0.25, 0.3) is 0 Å². The van der Waals surface area contributed by atoms with Gasteiger partial charge in [-0.3, -0.25) is 9.80 Å². The smallest absolute Gasteiger partial charge is 0.408 e. The number of amides is 1. The molecule has 6 heterocycles. The van der Waals surface area contributed by atoms with Crippen LogP contribution < -0.4 is 19.5 Å². The van der Waals surface area contributed by atoms with Crippen LogP contribution in [0.5, 0.6) is 17.2 Å². The van der Waals surface area contributed by atoms with Crippen molar-refractivity contribution in [3.63, 3.8) is 0 Å². The molecule has 2 fully saturated rings. The average molecular weight is 661 g/mol. The zero-order valence-corrected chi connectivity index (χ0v) is 28.4. The second-order valence-electron chi connectivity index (χ2n) is 12.9. The van der Waals surface area contributed by atoms with Gasteiger partial charge in [-0.2, -0.15) is 5.26 Å².